The number of carboxylic acid groups (broad SMARTS) is 1. The van der Waals surface area contributed by atoms with E-state index in [0.717, 1.165) is 17.9 Å². The van der Waals surface area contributed by atoms with Gasteiger partial charge in [0.2, 0.25) is 0 Å². The zero-order valence-electron chi connectivity index (χ0n) is 7.28. The second-order valence-corrected chi connectivity index (χ2v) is 4.71. The molecule has 0 saturated carbocycles. The van der Waals surface area contributed by atoms with E-state index in [1.165, 1.54) is 0 Å². The van der Waals surface area contributed by atoms with Gasteiger partial charge in [0.1, 0.15) is 0 Å². The average molecular weight is 203 g/mol. The van der Waals surface area contributed by atoms with Crippen molar-refractivity contribution in [2.75, 3.05) is 24.7 Å². The summed E-state index contributed by atoms with van der Waals surface area (Å²) in [5, 5.41) is 12.0. The third kappa shape index (κ3) is 1.82. The van der Waals surface area contributed by atoms with E-state index in [-0.39, 0.29) is 5.54 Å². The van der Waals surface area contributed by atoms with E-state index in [4.69, 9.17) is 9.84 Å². The van der Waals surface area contributed by atoms with Crippen molar-refractivity contribution in [3.8, 4) is 0 Å². The Morgan fingerprint density at radius 2 is 2.54 bits per heavy atom. The number of carboxylic acids is 1. The SMILES string of the molecule is O=C(O)C1CNC2(CCSC2)CO1. The molecule has 0 aliphatic carbocycles. The van der Waals surface area contributed by atoms with Gasteiger partial charge in [0.25, 0.3) is 0 Å². The number of thioether (sulfide) groups is 1. The lowest BCUT2D eigenvalue weighted by molar-refractivity contribution is -0.155. The fraction of sp³-hybridized carbons (Fsp3) is 0.875. The Hall–Kier alpha value is -0.260. The van der Waals surface area contributed by atoms with E-state index in [9.17, 15) is 4.79 Å². The Kier molecular flexibility index (Phi) is 2.49. The molecule has 2 atom stereocenters. The molecule has 13 heavy (non-hydrogen) atoms. The van der Waals surface area contributed by atoms with Crippen molar-refractivity contribution in [1.82, 2.24) is 5.32 Å². The van der Waals surface area contributed by atoms with Gasteiger partial charge < -0.3 is 15.2 Å². The van der Waals surface area contributed by atoms with Gasteiger partial charge in [-0.15, -0.1) is 0 Å². The average Bonchev–Trinajstić information content (AvgIpc) is 2.54. The molecule has 2 saturated heterocycles. The van der Waals surface area contributed by atoms with Crippen molar-refractivity contribution in [2.24, 2.45) is 0 Å². The van der Waals surface area contributed by atoms with Crippen molar-refractivity contribution in [3.63, 3.8) is 0 Å². The number of carbonyl (C=O) groups is 1. The minimum absolute atomic E-state index is 0.0661. The van der Waals surface area contributed by atoms with E-state index < -0.39 is 12.1 Å². The Morgan fingerprint density at radius 3 is 3.00 bits per heavy atom. The van der Waals surface area contributed by atoms with Crippen LogP contribution in [0.2, 0.25) is 0 Å². The summed E-state index contributed by atoms with van der Waals surface area (Å²) >= 11 is 1.90. The molecule has 0 bridgehead atoms. The van der Waals surface area contributed by atoms with Crippen LogP contribution in [0.25, 0.3) is 0 Å². The van der Waals surface area contributed by atoms with Gasteiger partial charge in [0.05, 0.1) is 12.1 Å². The molecule has 5 heteroatoms. The summed E-state index contributed by atoms with van der Waals surface area (Å²) in [7, 11) is 0. The van der Waals surface area contributed by atoms with Gasteiger partial charge in [-0.3, -0.25) is 0 Å². The summed E-state index contributed by atoms with van der Waals surface area (Å²) in [5.41, 5.74) is 0.0661. The molecule has 0 aromatic heterocycles. The molecule has 2 fully saturated rings. The Labute approximate surface area is 81.0 Å². The fourth-order valence-corrected chi connectivity index (χ4v) is 3.10. The molecule has 2 aliphatic heterocycles. The zero-order chi connectivity index (χ0) is 9.31. The quantitative estimate of drug-likeness (QED) is 0.625. The monoisotopic (exact) mass is 203 g/mol. The first-order valence-electron chi connectivity index (χ1n) is 4.39. The van der Waals surface area contributed by atoms with Crippen LogP contribution in [-0.2, 0) is 9.53 Å². The standard InChI is InChI=1S/C8H13NO3S/c10-7(11)6-3-9-8(4-12-6)1-2-13-5-8/h6,9H,1-5H2,(H,10,11). The third-order valence-corrected chi connectivity index (χ3v) is 3.85. The highest BCUT2D eigenvalue weighted by Gasteiger charge is 2.40. The van der Waals surface area contributed by atoms with E-state index in [0.29, 0.717) is 13.2 Å². The molecule has 0 radical (unpaired) electrons. The summed E-state index contributed by atoms with van der Waals surface area (Å²) in [4.78, 5) is 10.6. The minimum atomic E-state index is -0.868. The highest BCUT2D eigenvalue weighted by molar-refractivity contribution is 7.99. The van der Waals surface area contributed by atoms with Crippen molar-refractivity contribution in [3.05, 3.63) is 0 Å². The second-order valence-electron chi connectivity index (χ2n) is 3.60. The number of aliphatic carboxylic acids is 1. The van der Waals surface area contributed by atoms with Crippen LogP contribution >= 0.6 is 11.8 Å². The summed E-state index contributed by atoms with van der Waals surface area (Å²) in [5.74, 6) is 1.32. The van der Waals surface area contributed by atoms with Crippen LogP contribution in [0.3, 0.4) is 0 Å². The Morgan fingerprint density at radius 1 is 1.69 bits per heavy atom. The molecule has 0 amide bonds. The summed E-state index contributed by atoms with van der Waals surface area (Å²) < 4.78 is 5.30. The van der Waals surface area contributed by atoms with Crippen LogP contribution < -0.4 is 5.32 Å². The smallest absolute Gasteiger partial charge is 0.334 e. The Bertz CT molecular complexity index is 205. The van der Waals surface area contributed by atoms with Crippen LogP contribution in [-0.4, -0.2) is 47.4 Å². The molecule has 2 unspecified atom stereocenters. The number of nitrogens with one attached hydrogen (secondary N) is 1. The molecule has 1 spiro atoms. The zero-order valence-corrected chi connectivity index (χ0v) is 8.10. The predicted octanol–water partition coefficient (Wildman–Crippen LogP) is -0.0649. The Balaban J connectivity index is 1.91. The molecule has 74 valence electrons. The summed E-state index contributed by atoms with van der Waals surface area (Å²) in [6, 6.07) is 0. The topological polar surface area (TPSA) is 58.6 Å². The molecular weight excluding hydrogens is 190 g/mol. The van der Waals surface area contributed by atoms with Gasteiger partial charge in [-0.1, -0.05) is 0 Å². The summed E-state index contributed by atoms with van der Waals surface area (Å²) in [6.45, 7) is 0.979. The van der Waals surface area contributed by atoms with Crippen LogP contribution in [0.15, 0.2) is 0 Å². The van der Waals surface area contributed by atoms with Crippen molar-refractivity contribution < 1.29 is 14.6 Å². The third-order valence-electron chi connectivity index (χ3n) is 2.60. The van der Waals surface area contributed by atoms with Crippen LogP contribution in [0.4, 0.5) is 0 Å². The minimum Gasteiger partial charge on any atom is -0.479 e. The molecular formula is C8H13NO3S. The molecule has 0 aromatic carbocycles. The molecule has 2 N–H and O–H groups in total. The molecule has 2 rings (SSSR count). The largest absolute Gasteiger partial charge is 0.479 e. The lowest BCUT2D eigenvalue weighted by atomic mass is 9.98. The highest BCUT2D eigenvalue weighted by Crippen LogP contribution is 2.30. The normalized spacial score (nSPS) is 39.5. The molecule has 2 heterocycles. The lowest BCUT2D eigenvalue weighted by Gasteiger charge is -2.36. The van der Waals surface area contributed by atoms with Crippen molar-refractivity contribution in [1.29, 1.82) is 0 Å². The number of ether oxygens (including phenoxy) is 1. The summed E-state index contributed by atoms with van der Waals surface area (Å²) in [6.07, 6.45) is 0.431. The number of rotatable bonds is 1. The number of hydrogen-bond acceptors (Lipinski definition) is 4. The van der Waals surface area contributed by atoms with Gasteiger partial charge in [-0.25, -0.2) is 4.79 Å². The maximum Gasteiger partial charge on any atom is 0.334 e. The van der Waals surface area contributed by atoms with Crippen LogP contribution in [0, 0.1) is 0 Å². The maximum atomic E-state index is 10.6. The first kappa shape index (κ1) is 9.30. The van der Waals surface area contributed by atoms with Crippen molar-refractivity contribution in [2.45, 2.75) is 18.1 Å². The van der Waals surface area contributed by atoms with E-state index in [2.05, 4.69) is 5.32 Å². The second kappa shape index (κ2) is 3.48. The molecule has 4 nitrogen and oxygen atoms in total. The predicted molar refractivity (Wildman–Crippen MR) is 50.1 cm³/mol. The maximum absolute atomic E-state index is 10.6. The fourth-order valence-electron chi connectivity index (χ4n) is 1.70. The first-order valence-corrected chi connectivity index (χ1v) is 5.55. The lowest BCUT2D eigenvalue weighted by Crippen LogP contribution is -2.58. The number of hydrogen-bond donors (Lipinski definition) is 2. The van der Waals surface area contributed by atoms with Crippen molar-refractivity contribution >= 4 is 17.7 Å². The molecule has 2 aliphatic rings. The van der Waals surface area contributed by atoms with Gasteiger partial charge in [0, 0.05) is 12.3 Å². The van der Waals surface area contributed by atoms with Crippen LogP contribution in [0.1, 0.15) is 6.42 Å². The van der Waals surface area contributed by atoms with E-state index in [1.807, 2.05) is 11.8 Å². The van der Waals surface area contributed by atoms with Gasteiger partial charge in [0.15, 0.2) is 6.10 Å². The highest BCUT2D eigenvalue weighted by atomic mass is 32.2. The number of morpholine rings is 1. The van der Waals surface area contributed by atoms with Gasteiger partial charge in [-0.2, -0.15) is 11.8 Å². The van der Waals surface area contributed by atoms with E-state index >= 15 is 0 Å². The van der Waals surface area contributed by atoms with Gasteiger partial charge >= 0.3 is 5.97 Å². The van der Waals surface area contributed by atoms with Gasteiger partial charge in [-0.05, 0) is 12.2 Å². The molecule has 0 aromatic rings. The van der Waals surface area contributed by atoms with E-state index in [1.54, 1.807) is 0 Å². The first-order chi connectivity index (χ1) is 6.22. The van der Waals surface area contributed by atoms with Crippen LogP contribution in [0.5, 0.6) is 0 Å².